The Morgan fingerprint density at radius 3 is 2.43 bits per heavy atom. The molecule has 28 heavy (non-hydrogen) atoms. The zero-order valence-corrected chi connectivity index (χ0v) is 15.6. The average Bonchev–Trinajstić information content (AvgIpc) is 3.07. The number of carbonyl (C=O) groups excluding carboxylic acids is 2. The summed E-state index contributed by atoms with van der Waals surface area (Å²) in [5.41, 5.74) is -0.0179. The molecule has 0 unspecified atom stereocenters. The molecule has 0 aliphatic carbocycles. The van der Waals surface area contributed by atoms with Gasteiger partial charge >= 0.3 is 12.1 Å². The minimum Gasteiger partial charge on any atom is -0.450 e. The van der Waals surface area contributed by atoms with Gasteiger partial charge in [0.25, 0.3) is 5.91 Å². The molecule has 0 saturated heterocycles. The van der Waals surface area contributed by atoms with E-state index in [0.717, 1.165) is 12.1 Å². The first-order valence-corrected chi connectivity index (χ1v) is 8.52. The number of ether oxygens (including phenoxy) is 1. The number of aromatic nitrogens is 1. The third-order valence-electron chi connectivity index (χ3n) is 3.87. The molecule has 1 amide bonds. The Morgan fingerprint density at radius 2 is 1.89 bits per heavy atom. The van der Waals surface area contributed by atoms with Crippen molar-refractivity contribution in [3.05, 3.63) is 41.3 Å². The number of esters is 1. The minimum atomic E-state index is -4.56. The topological polar surface area (TPSA) is 84.7 Å². The zero-order chi connectivity index (χ0) is 20.9. The van der Waals surface area contributed by atoms with Crippen molar-refractivity contribution < 1.29 is 32.0 Å². The summed E-state index contributed by atoms with van der Waals surface area (Å²) in [5, 5.41) is 5.91. The Balaban J connectivity index is 2.15. The van der Waals surface area contributed by atoms with Gasteiger partial charge in [0.1, 0.15) is 0 Å². The molecule has 0 fully saturated rings. The highest BCUT2D eigenvalue weighted by Gasteiger charge is 2.31. The van der Waals surface area contributed by atoms with Crippen LogP contribution in [0.1, 0.15) is 35.7 Å². The summed E-state index contributed by atoms with van der Waals surface area (Å²) < 4.78 is 48.6. The quantitative estimate of drug-likeness (QED) is 0.716. The van der Waals surface area contributed by atoms with Gasteiger partial charge in [0.2, 0.25) is 5.76 Å². The monoisotopic (exact) mass is 399 g/mol. The molecule has 2 rings (SSSR count). The molecule has 1 aromatic carbocycles. The van der Waals surface area contributed by atoms with Crippen LogP contribution >= 0.6 is 0 Å². The Kier molecular flexibility index (Phi) is 6.66. The van der Waals surface area contributed by atoms with Gasteiger partial charge in [-0.15, -0.1) is 0 Å². The van der Waals surface area contributed by atoms with Crippen LogP contribution in [0.2, 0.25) is 0 Å². The van der Waals surface area contributed by atoms with E-state index in [1.165, 1.54) is 12.1 Å². The molecule has 1 aromatic heterocycles. The summed E-state index contributed by atoms with van der Waals surface area (Å²) in [4.78, 5) is 25.7. The van der Waals surface area contributed by atoms with Crippen molar-refractivity contribution in [2.24, 2.45) is 0 Å². The van der Waals surface area contributed by atoms with Gasteiger partial charge in [-0.05, 0) is 39.0 Å². The molecule has 7 nitrogen and oxygen atoms in total. The van der Waals surface area contributed by atoms with E-state index in [2.05, 4.69) is 10.5 Å². The van der Waals surface area contributed by atoms with E-state index in [0.29, 0.717) is 24.5 Å². The van der Waals surface area contributed by atoms with E-state index < -0.39 is 30.2 Å². The molecule has 0 radical (unpaired) electrons. The highest BCUT2D eigenvalue weighted by Crippen LogP contribution is 2.35. The Hall–Kier alpha value is -3.04. The fraction of sp³-hybridized carbons (Fsp3) is 0.389. The number of hydrogen-bond donors (Lipinski definition) is 1. The molecule has 0 bridgehead atoms. The fourth-order valence-corrected chi connectivity index (χ4v) is 2.50. The van der Waals surface area contributed by atoms with Crippen LogP contribution in [0.15, 0.2) is 28.8 Å². The van der Waals surface area contributed by atoms with Crippen molar-refractivity contribution in [3.63, 3.8) is 0 Å². The second-order valence-electron chi connectivity index (χ2n) is 5.86. The Labute approximate surface area is 159 Å². The number of nitrogens with one attached hydrogen (secondary N) is 1. The lowest BCUT2D eigenvalue weighted by molar-refractivity contribution is -0.137. The van der Waals surface area contributed by atoms with E-state index in [9.17, 15) is 22.8 Å². The summed E-state index contributed by atoms with van der Waals surface area (Å²) in [5.74, 6) is -1.85. The van der Waals surface area contributed by atoms with E-state index >= 15 is 0 Å². The molecular formula is C18H20F3N3O4. The second kappa shape index (κ2) is 8.77. The van der Waals surface area contributed by atoms with Crippen LogP contribution in [0.3, 0.4) is 0 Å². The van der Waals surface area contributed by atoms with Gasteiger partial charge < -0.3 is 19.5 Å². The lowest BCUT2D eigenvalue weighted by Crippen LogP contribution is -2.26. The summed E-state index contributed by atoms with van der Waals surface area (Å²) in [6.45, 7) is 5.67. The normalized spacial score (nSPS) is 11.2. The predicted molar refractivity (Wildman–Crippen MR) is 95.2 cm³/mol. The van der Waals surface area contributed by atoms with Crippen molar-refractivity contribution >= 4 is 23.3 Å². The first-order chi connectivity index (χ1) is 13.2. The van der Waals surface area contributed by atoms with E-state index in [4.69, 9.17) is 9.26 Å². The maximum Gasteiger partial charge on any atom is 0.416 e. The molecule has 1 N–H and O–H groups in total. The fourth-order valence-electron chi connectivity index (χ4n) is 2.50. The largest absolute Gasteiger partial charge is 0.450 e. The van der Waals surface area contributed by atoms with E-state index in [-0.39, 0.29) is 11.4 Å². The van der Waals surface area contributed by atoms with Crippen molar-refractivity contribution in [1.82, 2.24) is 5.16 Å². The average molecular weight is 399 g/mol. The third kappa shape index (κ3) is 5.24. The number of halogens is 3. The van der Waals surface area contributed by atoms with Crippen molar-refractivity contribution in [2.45, 2.75) is 26.9 Å². The molecule has 0 spiro atoms. The molecule has 0 aliphatic heterocycles. The zero-order valence-electron chi connectivity index (χ0n) is 15.6. The number of alkyl halides is 3. The van der Waals surface area contributed by atoms with Gasteiger partial charge in [-0.1, -0.05) is 5.16 Å². The van der Waals surface area contributed by atoms with Crippen LogP contribution < -0.4 is 10.2 Å². The SMILES string of the molecule is CCN(CC)c1ccc(C(F)(F)F)cc1NC(=O)COC(=O)c1cc(C)no1. The number of hydrogen-bond acceptors (Lipinski definition) is 6. The smallest absolute Gasteiger partial charge is 0.416 e. The first-order valence-electron chi connectivity index (χ1n) is 8.52. The second-order valence-corrected chi connectivity index (χ2v) is 5.86. The number of benzene rings is 1. The van der Waals surface area contributed by atoms with Crippen molar-refractivity contribution in [2.75, 3.05) is 29.9 Å². The minimum absolute atomic E-state index is 0.0184. The molecule has 2 aromatic rings. The summed E-state index contributed by atoms with van der Waals surface area (Å²) in [6, 6.07) is 4.45. The molecule has 152 valence electrons. The van der Waals surface area contributed by atoms with Crippen LogP contribution in [-0.2, 0) is 15.7 Å². The number of nitrogens with zero attached hydrogens (tertiary/aromatic N) is 2. The van der Waals surface area contributed by atoms with Gasteiger partial charge in [-0.2, -0.15) is 13.2 Å². The van der Waals surface area contributed by atoms with Crippen LogP contribution in [0.25, 0.3) is 0 Å². The van der Waals surface area contributed by atoms with Gasteiger partial charge in [0, 0.05) is 19.2 Å². The van der Waals surface area contributed by atoms with E-state index in [1.54, 1.807) is 11.8 Å². The van der Waals surface area contributed by atoms with Crippen molar-refractivity contribution in [1.29, 1.82) is 0 Å². The molecule has 10 heteroatoms. The van der Waals surface area contributed by atoms with Crippen LogP contribution in [-0.4, -0.2) is 36.7 Å². The highest BCUT2D eigenvalue weighted by atomic mass is 19.4. The number of carbonyl (C=O) groups is 2. The molecule has 0 aliphatic rings. The maximum atomic E-state index is 13.0. The maximum absolute atomic E-state index is 13.0. The van der Waals surface area contributed by atoms with Gasteiger partial charge in [-0.3, -0.25) is 4.79 Å². The molecule has 0 atom stereocenters. The summed E-state index contributed by atoms with van der Waals surface area (Å²) >= 11 is 0. The highest BCUT2D eigenvalue weighted by molar-refractivity contribution is 5.97. The lowest BCUT2D eigenvalue weighted by atomic mass is 10.1. The van der Waals surface area contributed by atoms with Crippen LogP contribution in [0.5, 0.6) is 0 Å². The number of anilines is 2. The molecular weight excluding hydrogens is 379 g/mol. The van der Waals surface area contributed by atoms with Crippen LogP contribution in [0, 0.1) is 6.92 Å². The van der Waals surface area contributed by atoms with Gasteiger partial charge in [0.05, 0.1) is 22.6 Å². The van der Waals surface area contributed by atoms with Gasteiger partial charge in [0.15, 0.2) is 6.61 Å². The molecule has 0 saturated carbocycles. The number of aryl methyl sites for hydroxylation is 1. The number of amides is 1. The molecule has 1 heterocycles. The van der Waals surface area contributed by atoms with Crippen molar-refractivity contribution in [3.8, 4) is 0 Å². The third-order valence-corrected chi connectivity index (χ3v) is 3.87. The Bertz CT molecular complexity index is 845. The first kappa shape index (κ1) is 21.3. The summed E-state index contributed by atoms with van der Waals surface area (Å²) in [7, 11) is 0. The Morgan fingerprint density at radius 1 is 1.21 bits per heavy atom. The standard InChI is InChI=1S/C18H20F3N3O4/c1-4-24(5-2)14-7-6-12(18(19,20)21)9-13(14)22-16(25)10-27-17(26)15-8-11(3)23-28-15/h6-9H,4-5,10H2,1-3H3,(H,22,25). The van der Waals surface area contributed by atoms with Gasteiger partial charge in [-0.25, -0.2) is 4.79 Å². The number of rotatable bonds is 7. The van der Waals surface area contributed by atoms with Crippen LogP contribution in [0.4, 0.5) is 24.5 Å². The summed E-state index contributed by atoms with van der Waals surface area (Å²) in [6.07, 6.45) is -4.56. The lowest BCUT2D eigenvalue weighted by Gasteiger charge is -2.25. The predicted octanol–water partition coefficient (Wildman–Crippen LogP) is 3.64. The van der Waals surface area contributed by atoms with E-state index in [1.807, 2.05) is 13.8 Å².